The van der Waals surface area contributed by atoms with Gasteiger partial charge in [-0.05, 0) is 38.1 Å². The molecule has 0 aliphatic carbocycles. The highest BCUT2D eigenvalue weighted by Gasteiger charge is 2.16. The summed E-state index contributed by atoms with van der Waals surface area (Å²) in [5.41, 5.74) is 5.34. The average Bonchev–Trinajstić information content (AvgIpc) is 3.28. The number of hydrogen-bond donors (Lipinski definition) is 1. The first-order chi connectivity index (χ1) is 15.7. The molecule has 158 valence electrons. The summed E-state index contributed by atoms with van der Waals surface area (Å²) in [6.07, 6.45) is 10.8. The first-order valence-corrected chi connectivity index (χ1v) is 10.4. The molecule has 0 aliphatic rings. The second-order valence-electron chi connectivity index (χ2n) is 7.69. The predicted molar refractivity (Wildman–Crippen MR) is 124 cm³/mol. The minimum Gasteiger partial charge on any atom is -0.362 e. The van der Waals surface area contributed by atoms with Crippen molar-refractivity contribution < 1.29 is 0 Å². The largest absolute Gasteiger partial charge is 0.362 e. The van der Waals surface area contributed by atoms with Crippen LogP contribution in [0, 0.1) is 0 Å². The normalized spacial score (nSPS) is 11.2. The lowest BCUT2D eigenvalue weighted by molar-refractivity contribution is 0.613. The number of anilines is 1. The molecule has 5 aromatic heterocycles. The van der Waals surface area contributed by atoms with Gasteiger partial charge in [0.25, 0.3) is 0 Å². The molecular formula is C24H22N8. The summed E-state index contributed by atoms with van der Waals surface area (Å²) in [5, 5.41) is 3.40. The second kappa shape index (κ2) is 8.50. The van der Waals surface area contributed by atoms with Crippen molar-refractivity contribution in [3.8, 4) is 22.5 Å². The zero-order valence-electron chi connectivity index (χ0n) is 17.8. The lowest BCUT2D eigenvalue weighted by Gasteiger charge is -2.11. The SMILES string of the molecule is CC(C)n1cnc2c(NCc3ccc(-c4cccnc4)cn3)nc(-c3cccnc3)nc21. The number of aromatic nitrogens is 7. The van der Waals surface area contributed by atoms with E-state index in [1.54, 1.807) is 18.6 Å². The molecule has 0 saturated heterocycles. The van der Waals surface area contributed by atoms with Crippen molar-refractivity contribution in [2.24, 2.45) is 0 Å². The van der Waals surface area contributed by atoms with E-state index < -0.39 is 0 Å². The van der Waals surface area contributed by atoms with Crippen LogP contribution in [0.25, 0.3) is 33.7 Å². The Morgan fingerprint density at radius 3 is 2.25 bits per heavy atom. The average molecular weight is 422 g/mol. The molecule has 0 aliphatic heterocycles. The van der Waals surface area contributed by atoms with Crippen LogP contribution in [0.5, 0.6) is 0 Å². The third kappa shape index (κ3) is 3.90. The Kier molecular flexibility index (Phi) is 5.25. The highest BCUT2D eigenvalue weighted by molar-refractivity contribution is 5.85. The van der Waals surface area contributed by atoms with Gasteiger partial charge in [0.2, 0.25) is 0 Å². The molecule has 0 saturated carbocycles. The molecule has 0 atom stereocenters. The van der Waals surface area contributed by atoms with Crippen molar-refractivity contribution in [1.29, 1.82) is 0 Å². The number of fused-ring (bicyclic) bond motifs is 1. The molecule has 8 heteroatoms. The molecular weight excluding hydrogens is 400 g/mol. The molecule has 0 fully saturated rings. The van der Waals surface area contributed by atoms with E-state index in [4.69, 9.17) is 9.97 Å². The van der Waals surface area contributed by atoms with E-state index in [9.17, 15) is 0 Å². The summed E-state index contributed by atoms with van der Waals surface area (Å²) in [5.74, 6) is 1.28. The maximum Gasteiger partial charge on any atom is 0.166 e. The molecule has 8 nitrogen and oxygen atoms in total. The Balaban J connectivity index is 1.46. The lowest BCUT2D eigenvalue weighted by atomic mass is 10.1. The van der Waals surface area contributed by atoms with Crippen LogP contribution in [0.3, 0.4) is 0 Å². The fraction of sp³-hybridized carbons (Fsp3) is 0.167. The van der Waals surface area contributed by atoms with Gasteiger partial charge >= 0.3 is 0 Å². The van der Waals surface area contributed by atoms with Gasteiger partial charge in [-0.25, -0.2) is 15.0 Å². The summed E-state index contributed by atoms with van der Waals surface area (Å²) in [4.78, 5) is 27.1. The molecule has 5 rings (SSSR count). The quantitative estimate of drug-likeness (QED) is 0.429. The summed E-state index contributed by atoms with van der Waals surface area (Å²) < 4.78 is 2.04. The Hall–Kier alpha value is -4.20. The van der Waals surface area contributed by atoms with Crippen LogP contribution in [0.1, 0.15) is 25.6 Å². The Labute approximate surface area is 185 Å². The van der Waals surface area contributed by atoms with E-state index in [0.29, 0.717) is 18.2 Å². The van der Waals surface area contributed by atoms with Gasteiger partial charge in [-0.15, -0.1) is 0 Å². The minimum absolute atomic E-state index is 0.228. The molecule has 5 aromatic rings. The molecule has 32 heavy (non-hydrogen) atoms. The maximum atomic E-state index is 4.78. The second-order valence-corrected chi connectivity index (χ2v) is 7.69. The summed E-state index contributed by atoms with van der Waals surface area (Å²) in [7, 11) is 0. The van der Waals surface area contributed by atoms with Gasteiger partial charge in [0.15, 0.2) is 17.3 Å². The number of rotatable bonds is 6. The van der Waals surface area contributed by atoms with Gasteiger partial charge in [-0.3, -0.25) is 15.0 Å². The molecule has 0 radical (unpaired) electrons. The van der Waals surface area contributed by atoms with E-state index in [0.717, 1.165) is 33.5 Å². The van der Waals surface area contributed by atoms with Crippen LogP contribution in [0.2, 0.25) is 0 Å². The van der Waals surface area contributed by atoms with Crippen molar-refractivity contribution >= 4 is 17.0 Å². The van der Waals surface area contributed by atoms with E-state index >= 15 is 0 Å². The summed E-state index contributed by atoms with van der Waals surface area (Å²) >= 11 is 0. The maximum absolute atomic E-state index is 4.78. The third-order valence-corrected chi connectivity index (χ3v) is 5.15. The fourth-order valence-corrected chi connectivity index (χ4v) is 3.45. The fourth-order valence-electron chi connectivity index (χ4n) is 3.45. The summed E-state index contributed by atoms with van der Waals surface area (Å²) in [6, 6.07) is 12.0. The molecule has 1 N–H and O–H groups in total. The van der Waals surface area contributed by atoms with E-state index in [1.807, 2.05) is 59.7 Å². The highest BCUT2D eigenvalue weighted by atomic mass is 15.2. The molecule has 0 bridgehead atoms. The van der Waals surface area contributed by atoms with Gasteiger partial charge in [0.1, 0.15) is 5.52 Å². The van der Waals surface area contributed by atoms with Crippen LogP contribution in [-0.2, 0) is 6.54 Å². The number of imidazole rings is 1. The number of pyridine rings is 3. The first-order valence-electron chi connectivity index (χ1n) is 10.4. The van der Waals surface area contributed by atoms with Crippen molar-refractivity contribution in [3.63, 3.8) is 0 Å². The first kappa shape index (κ1) is 19.7. The number of hydrogen-bond acceptors (Lipinski definition) is 7. The van der Waals surface area contributed by atoms with Gasteiger partial charge in [0.05, 0.1) is 18.6 Å². The minimum atomic E-state index is 0.228. The highest BCUT2D eigenvalue weighted by Crippen LogP contribution is 2.26. The molecule has 0 spiro atoms. The third-order valence-electron chi connectivity index (χ3n) is 5.15. The number of nitrogens with one attached hydrogen (secondary N) is 1. The van der Waals surface area contributed by atoms with Crippen LogP contribution < -0.4 is 5.32 Å². The van der Waals surface area contributed by atoms with E-state index in [2.05, 4.69) is 39.1 Å². The van der Waals surface area contributed by atoms with Crippen LogP contribution in [0.4, 0.5) is 5.82 Å². The van der Waals surface area contributed by atoms with Gasteiger partial charge in [0, 0.05) is 53.7 Å². The Morgan fingerprint density at radius 2 is 1.59 bits per heavy atom. The molecule has 0 unspecified atom stereocenters. The van der Waals surface area contributed by atoms with E-state index in [1.165, 1.54) is 0 Å². The van der Waals surface area contributed by atoms with Crippen molar-refractivity contribution in [3.05, 3.63) is 79.4 Å². The number of nitrogens with zero attached hydrogens (tertiary/aromatic N) is 7. The standard InChI is InChI=1S/C24H22N8/c1-16(2)32-15-29-21-23(30-22(31-24(21)32)19-6-4-10-26-12-19)28-14-20-8-7-18(13-27-20)17-5-3-9-25-11-17/h3-13,15-16H,14H2,1-2H3,(H,28,30,31). The van der Waals surface area contributed by atoms with Gasteiger partial charge in [-0.2, -0.15) is 0 Å². The molecule has 0 aromatic carbocycles. The predicted octanol–water partition coefficient (Wildman–Crippen LogP) is 4.54. The monoisotopic (exact) mass is 422 g/mol. The zero-order valence-corrected chi connectivity index (χ0v) is 17.8. The van der Waals surface area contributed by atoms with Crippen LogP contribution >= 0.6 is 0 Å². The lowest BCUT2D eigenvalue weighted by Crippen LogP contribution is -2.07. The van der Waals surface area contributed by atoms with Crippen molar-refractivity contribution in [1.82, 2.24) is 34.5 Å². The van der Waals surface area contributed by atoms with Crippen LogP contribution in [0.15, 0.2) is 73.7 Å². The molecule has 0 amide bonds. The Bertz CT molecular complexity index is 1330. The molecule has 5 heterocycles. The smallest absolute Gasteiger partial charge is 0.166 e. The Morgan fingerprint density at radius 1 is 0.844 bits per heavy atom. The van der Waals surface area contributed by atoms with E-state index in [-0.39, 0.29) is 6.04 Å². The van der Waals surface area contributed by atoms with Gasteiger partial charge in [-0.1, -0.05) is 12.1 Å². The van der Waals surface area contributed by atoms with Gasteiger partial charge < -0.3 is 9.88 Å². The topological polar surface area (TPSA) is 94.3 Å². The summed E-state index contributed by atoms with van der Waals surface area (Å²) in [6.45, 7) is 4.72. The van der Waals surface area contributed by atoms with Crippen molar-refractivity contribution in [2.75, 3.05) is 5.32 Å². The zero-order chi connectivity index (χ0) is 21.9. The van der Waals surface area contributed by atoms with Crippen molar-refractivity contribution in [2.45, 2.75) is 26.4 Å². The van der Waals surface area contributed by atoms with Crippen LogP contribution in [-0.4, -0.2) is 34.5 Å².